The van der Waals surface area contributed by atoms with Crippen LogP contribution < -0.4 is 5.73 Å². The molecule has 20 heavy (non-hydrogen) atoms. The zero-order chi connectivity index (χ0) is 15.3. The first-order valence-corrected chi connectivity index (χ1v) is 5.57. The number of carboxylic acid groups (broad SMARTS) is 1. The summed E-state index contributed by atoms with van der Waals surface area (Å²) in [5.74, 6) is -1.99. The van der Waals surface area contributed by atoms with Crippen molar-refractivity contribution in [2.24, 2.45) is 5.73 Å². The van der Waals surface area contributed by atoms with E-state index in [1.165, 1.54) is 24.3 Å². The number of amides is 1. The molecule has 0 radical (unpaired) electrons. The Morgan fingerprint density at radius 2 is 1.75 bits per heavy atom. The zero-order valence-corrected chi connectivity index (χ0v) is 10.4. The van der Waals surface area contributed by atoms with Gasteiger partial charge in [-0.3, -0.25) is 14.5 Å². The molecule has 0 aliphatic carbocycles. The molecule has 0 fully saturated rings. The van der Waals surface area contributed by atoms with Crippen molar-refractivity contribution in [1.29, 1.82) is 0 Å². The van der Waals surface area contributed by atoms with Crippen LogP contribution in [0.4, 0.5) is 13.2 Å². The minimum absolute atomic E-state index is 0.190. The molecule has 0 spiro atoms. The van der Waals surface area contributed by atoms with E-state index >= 15 is 0 Å². The Hall–Kier alpha value is -2.09. The number of carbonyl (C=O) groups is 2. The van der Waals surface area contributed by atoms with Crippen molar-refractivity contribution in [3.63, 3.8) is 0 Å². The molecule has 0 atom stereocenters. The summed E-state index contributed by atoms with van der Waals surface area (Å²) in [5.41, 5.74) is 5.73. The first kappa shape index (κ1) is 16.0. The molecule has 0 saturated heterocycles. The quantitative estimate of drug-likeness (QED) is 0.825. The summed E-state index contributed by atoms with van der Waals surface area (Å²) < 4.78 is 37.0. The summed E-state index contributed by atoms with van der Waals surface area (Å²) in [5, 5.41) is 8.61. The highest BCUT2D eigenvalue weighted by atomic mass is 19.4. The van der Waals surface area contributed by atoms with E-state index in [4.69, 9.17) is 10.8 Å². The van der Waals surface area contributed by atoms with Crippen molar-refractivity contribution in [1.82, 2.24) is 4.90 Å². The van der Waals surface area contributed by atoms with E-state index < -0.39 is 31.1 Å². The van der Waals surface area contributed by atoms with Gasteiger partial charge in [-0.1, -0.05) is 12.1 Å². The average molecular weight is 290 g/mol. The summed E-state index contributed by atoms with van der Waals surface area (Å²) in [6, 6.07) is 5.63. The highest BCUT2D eigenvalue weighted by molar-refractivity contribution is 5.92. The Labute approximate surface area is 112 Å². The standard InChI is InChI=1S/C12H13F3N2O3/c13-12(14,15)7-17(6-10(18)19)5-8-1-3-9(4-2-8)11(16)20/h1-4H,5-7H2,(H2,16,20)(H,18,19). The molecule has 3 N–H and O–H groups in total. The van der Waals surface area contributed by atoms with Gasteiger partial charge in [-0.05, 0) is 17.7 Å². The minimum Gasteiger partial charge on any atom is -0.480 e. The van der Waals surface area contributed by atoms with Gasteiger partial charge in [0.25, 0.3) is 0 Å². The molecule has 0 saturated carbocycles. The molecule has 0 aromatic heterocycles. The number of nitrogens with two attached hydrogens (primary N) is 1. The third-order valence-corrected chi connectivity index (χ3v) is 2.41. The first-order valence-electron chi connectivity index (χ1n) is 5.57. The van der Waals surface area contributed by atoms with Gasteiger partial charge in [0, 0.05) is 12.1 Å². The summed E-state index contributed by atoms with van der Waals surface area (Å²) in [6.45, 7) is -2.24. The molecule has 0 aliphatic rings. The molecular weight excluding hydrogens is 277 g/mol. The lowest BCUT2D eigenvalue weighted by Crippen LogP contribution is -2.37. The molecule has 0 bridgehead atoms. The SMILES string of the molecule is NC(=O)c1ccc(CN(CC(=O)O)CC(F)(F)F)cc1. The third-order valence-electron chi connectivity index (χ3n) is 2.41. The maximum absolute atomic E-state index is 12.3. The minimum atomic E-state index is -4.48. The van der Waals surface area contributed by atoms with Gasteiger partial charge < -0.3 is 10.8 Å². The van der Waals surface area contributed by atoms with Crippen LogP contribution in [0.25, 0.3) is 0 Å². The maximum Gasteiger partial charge on any atom is 0.401 e. The first-order chi connectivity index (χ1) is 9.17. The van der Waals surface area contributed by atoms with Crippen molar-refractivity contribution < 1.29 is 27.9 Å². The van der Waals surface area contributed by atoms with Gasteiger partial charge in [0.15, 0.2) is 0 Å². The maximum atomic E-state index is 12.3. The molecule has 1 aromatic rings. The fourth-order valence-corrected chi connectivity index (χ4v) is 1.65. The molecule has 1 aromatic carbocycles. The van der Waals surface area contributed by atoms with Gasteiger partial charge in [0.1, 0.15) is 0 Å². The van der Waals surface area contributed by atoms with Gasteiger partial charge >= 0.3 is 12.1 Å². The molecule has 0 aliphatic heterocycles. The van der Waals surface area contributed by atoms with E-state index in [-0.39, 0.29) is 12.1 Å². The van der Waals surface area contributed by atoms with Gasteiger partial charge in [-0.15, -0.1) is 0 Å². The fourth-order valence-electron chi connectivity index (χ4n) is 1.65. The van der Waals surface area contributed by atoms with Crippen LogP contribution in [0.5, 0.6) is 0 Å². The van der Waals surface area contributed by atoms with Gasteiger partial charge in [0.2, 0.25) is 5.91 Å². The van der Waals surface area contributed by atoms with E-state index in [2.05, 4.69) is 0 Å². The van der Waals surface area contributed by atoms with E-state index in [9.17, 15) is 22.8 Å². The molecule has 8 heteroatoms. The lowest BCUT2D eigenvalue weighted by molar-refractivity contribution is -0.154. The Kier molecular flexibility index (Phi) is 5.09. The number of benzene rings is 1. The molecular formula is C12H13F3N2O3. The monoisotopic (exact) mass is 290 g/mol. The number of carboxylic acids is 1. The smallest absolute Gasteiger partial charge is 0.401 e. The third kappa shape index (κ3) is 5.70. The van der Waals surface area contributed by atoms with E-state index in [0.717, 1.165) is 4.90 Å². The van der Waals surface area contributed by atoms with Crippen LogP contribution in [0.3, 0.4) is 0 Å². The van der Waals surface area contributed by atoms with Crippen LogP contribution in [-0.4, -0.2) is 41.1 Å². The van der Waals surface area contributed by atoms with Crippen molar-refractivity contribution >= 4 is 11.9 Å². The summed E-state index contributed by atoms with van der Waals surface area (Å²) in [4.78, 5) is 22.2. The highest BCUT2D eigenvalue weighted by Gasteiger charge is 2.31. The number of rotatable bonds is 6. The number of alkyl halides is 3. The van der Waals surface area contributed by atoms with Crippen LogP contribution in [0, 0.1) is 0 Å². The second-order valence-electron chi connectivity index (χ2n) is 4.22. The highest BCUT2D eigenvalue weighted by Crippen LogP contribution is 2.18. The van der Waals surface area contributed by atoms with Crippen LogP contribution in [0.1, 0.15) is 15.9 Å². The number of nitrogens with zero attached hydrogens (tertiary/aromatic N) is 1. The Balaban J connectivity index is 2.78. The van der Waals surface area contributed by atoms with Crippen LogP contribution >= 0.6 is 0 Å². The fraction of sp³-hybridized carbons (Fsp3) is 0.333. The molecule has 0 unspecified atom stereocenters. The van der Waals surface area contributed by atoms with Crippen LogP contribution in [0.15, 0.2) is 24.3 Å². The summed E-state index contributed by atoms with van der Waals surface area (Å²) in [7, 11) is 0. The number of aliphatic carboxylic acids is 1. The normalized spacial score (nSPS) is 11.6. The Morgan fingerprint density at radius 3 is 2.15 bits per heavy atom. The number of hydrogen-bond donors (Lipinski definition) is 2. The number of halogens is 3. The van der Waals surface area contributed by atoms with Gasteiger partial charge in [-0.2, -0.15) is 13.2 Å². The molecule has 1 rings (SSSR count). The van der Waals surface area contributed by atoms with Gasteiger partial charge in [-0.25, -0.2) is 0 Å². The van der Waals surface area contributed by atoms with Crippen molar-refractivity contribution in [2.45, 2.75) is 12.7 Å². The number of hydrogen-bond acceptors (Lipinski definition) is 3. The van der Waals surface area contributed by atoms with E-state index in [1.54, 1.807) is 0 Å². The number of carbonyl (C=O) groups excluding carboxylic acids is 1. The molecule has 5 nitrogen and oxygen atoms in total. The molecule has 110 valence electrons. The average Bonchev–Trinajstić information content (AvgIpc) is 2.26. The molecule has 1 amide bonds. The Morgan fingerprint density at radius 1 is 1.20 bits per heavy atom. The molecule has 0 heterocycles. The lowest BCUT2D eigenvalue weighted by atomic mass is 10.1. The van der Waals surface area contributed by atoms with E-state index in [1.807, 2.05) is 0 Å². The van der Waals surface area contributed by atoms with Crippen molar-refractivity contribution in [2.75, 3.05) is 13.1 Å². The van der Waals surface area contributed by atoms with E-state index in [0.29, 0.717) is 5.56 Å². The van der Waals surface area contributed by atoms with Crippen molar-refractivity contribution in [3.05, 3.63) is 35.4 Å². The largest absolute Gasteiger partial charge is 0.480 e. The van der Waals surface area contributed by atoms with Crippen LogP contribution in [0.2, 0.25) is 0 Å². The zero-order valence-electron chi connectivity index (χ0n) is 10.4. The second-order valence-corrected chi connectivity index (χ2v) is 4.22. The predicted octanol–water partition coefficient (Wildman–Crippen LogP) is 1.23. The second kappa shape index (κ2) is 6.38. The van der Waals surface area contributed by atoms with Crippen molar-refractivity contribution in [3.8, 4) is 0 Å². The Bertz CT molecular complexity index is 486. The topological polar surface area (TPSA) is 83.6 Å². The number of primary amides is 1. The van der Waals surface area contributed by atoms with Gasteiger partial charge in [0.05, 0.1) is 13.1 Å². The van der Waals surface area contributed by atoms with Crippen LogP contribution in [-0.2, 0) is 11.3 Å². The summed E-state index contributed by atoms with van der Waals surface area (Å²) >= 11 is 0. The predicted molar refractivity (Wildman–Crippen MR) is 63.9 cm³/mol. The summed E-state index contributed by atoms with van der Waals surface area (Å²) in [6.07, 6.45) is -4.48. The lowest BCUT2D eigenvalue weighted by Gasteiger charge is -2.21.